The normalized spacial score (nSPS) is 28.5. The Bertz CT molecular complexity index is 306. The van der Waals surface area contributed by atoms with Crippen LogP contribution in [0, 0.1) is 5.92 Å². The molecule has 1 N–H and O–H groups in total. The molecular formula is C15H28N2O2. The molecule has 2 fully saturated rings. The topological polar surface area (TPSA) is 41.6 Å². The van der Waals surface area contributed by atoms with Gasteiger partial charge in [0.1, 0.15) is 5.60 Å². The Balaban J connectivity index is 1.92. The molecule has 0 bridgehead atoms. The van der Waals surface area contributed by atoms with E-state index >= 15 is 0 Å². The van der Waals surface area contributed by atoms with Gasteiger partial charge in [-0.25, -0.2) is 4.79 Å². The van der Waals surface area contributed by atoms with Crippen molar-refractivity contribution in [3.8, 4) is 0 Å². The Morgan fingerprint density at radius 3 is 2.74 bits per heavy atom. The molecule has 19 heavy (non-hydrogen) atoms. The number of piperidine rings is 1. The summed E-state index contributed by atoms with van der Waals surface area (Å²) in [5.41, 5.74) is -0.395. The van der Waals surface area contributed by atoms with Gasteiger partial charge in [-0.2, -0.15) is 0 Å². The first-order valence-corrected chi connectivity index (χ1v) is 7.66. The number of hydrogen-bond acceptors (Lipinski definition) is 3. The van der Waals surface area contributed by atoms with Crippen LogP contribution >= 0.6 is 0 Å². The van der Waals surface area contributed by atoms with Crippen LogP contribution in [0.3, 0.4) is 0 Å². The number of nitrogens with one attached hydrogen (secondary N) is 1. The summed E-state index contributed by atoms with van der Waals surface area (Å²) in [6.45, 7) is 8.91. The van der Waals surface area contributed by atoms with E-state index in [0.717, 1.165) is 44.8 Å². The van der Waals surface area contributed by atoms with E-state index in [9.17, 15) is 4.79 Å². The van der Waals surface area contributed by atoms with E-state index in [-0.39, 0.29) is 6.09 Å². The number of nitrogens with zero attached hydrogens (tertiary/aromatic N) is 1. The molecule has 0 aromatic rings. The van der Waals surface area contributed by atoms with Crippen molar-refractivity contribution in [3.63, 3.8) is 0 Å². The van der Waals surface area contributed by atoms with Gasteiger partial charge in [0.25, 0.3) is 0 Å². The number of ether oxygens (including phenoxy) is 1. The monoisotopic (exact) mass is 268 g/mol. The zero-order chi connectivity index (χ0) is 13.9. The van der Waals surface area contributed by atoms with E-state index in [1.807, 2.05) is 25.7 Å². The summed E-state index contributed by atoms with van der Waals surface area (Å²) in [5.74, 6) is 0.730. The zero-order valence-electron chi connectivity index (χ0n) is 12.6. The van der Waals surface area contributed by atoms with E-state index in [4.69, 9.17) is 4.74 Å². The number of rotatable bonds is 2. The highest BCUT2D eigenvalue weighted by Crippen LogP contribution is 2.27. The lowest BCUT2D eigenvalue weighted by Gasteiger charge is -2.37. The second-order valence-corrected chi connectivity index (χ2v) is 6.92. The van der Waals surface area contributed by atoms with Crippen LogP contribution in [0.15, 0.2) is 0 Å². The van der Waals surface area contributed by atoms with Crippen molar-refractivity contribution in [2.24, 2.45) is 5.92 Å². The Morgan fingerprint density at radius 2 is 2.11 bits per heavy atom. The molecule has 0 aromatic carbocycles. The highest BCUT2D eigenvalue weighted by Gasteiger charge is 2.32. The van der Waals surface area contributed by atoms with Crippen LogP contribution in [0.25, 0.3) is 0 Å². The molecule has 2 aliphatic rings. The summed E-state index contributed by atoms with van der Waals surface area (Å²) in [6.07, 6.45) is 5.74. The lowest BCUT2D eigenvalue weighted by Crippen LogP contribution is -2.46. The van der Waals surface area contributed by atoms with Crippen LogP contribution in [-0.2, 0) is 4.74 Å². The van der Waals surface area contributed by atoms with E-state index in [2.05, 4.69) is 5.32 Å². The predicted octanol–water partition coefficient (Wildman–Crippen LogP) is 2.78. The fraction of sp³-hybridized carbons (Fsp3) is 0.933. The van der Waals surface area contributed by atoms with E-state index in [1.165, 1.54) is 12.8 Å². The van der Waals surface area contributed by atoms with Crippen molar-refractivity contribution in [3.05, 3.63) is 0 Å². The molecule has 0 aliphatic carbocycles. The smallest absolute Gasteiger partial charge is 0.410 e. The maximum absolute atomic E-state index is 12.3. The number of carbonyl (C=O) groups is 1. The summed E-state index contributed by atoms with van der Waals surface area (Å²) in [5, 5.41) is 3.41. The van der Waals surface area contributed by atoms with Gasteiger partial charge in [0, 0.05) is 12.6 Å². The van der Waals surface area contributed by atoms with Gasteiger partial charge in [-0.05, 0) is 71.9 Å². The van der Waals surface area contributed by atoms with Crippen LogP contribution in [-0.4, -0.2) is 42.3 Å². The first kappa shape index (κ1) is 14.6. The molecule has 0 saturated carbocycles. The maximum Gasteiger partial charge on any atom is 0.410 e. The SMILES string of the molecule is CC(C)(C)OC(=O)N1CCCCC1CC1CCNC1. The van der Waals surface area contributed by atoms with Crippen LogP contribution in [0.1, 0.15) is 52.9 Å². The number of hydrogen-bond donors (Lipinski definition) is 1. The Labute approximate surface area is 116 Å². The van der Waals surface area contributed by atoms with Gasteiger partial charge < -0.3 is 15.0 Å². The van der Waals surface area contributed by atoms with Gasteiger partial charge in [-0.3, -0.25) is 0 Å². The van der Waals surface area contributed by atoms with Crippen molar-refractivity contribution in [2.45, 2.75) is 64.5 Å². The molecule has 110 valence electrons. The third-order valence-corrected chi connectivity index (χ3v) is 4.02. The molecule has 1 amide bonds. The van der Waals surface area contributed by atoms with Gasteiger partial charge >= 0.3 is 6.09 Å². The number of amides is 1. The molecule has 4 nitrogen and oxygen atoms in total. The highest BCUT2D eigenvalue weighted by molar-refractivity contribution is 5.68. The quantitative estimate of drug-likeness (QED) is 0.837. The molecular weight excluding hydrogens is 240 g/mol. The number of carbonyl (C=O) groups excluding carboxylic acids is 1. The largest absolute Gasteiger partial charge is 0.444 e. The molecule has 0 aromatic heterocycles. The number of likely N-dealkylation sites (tertiary alicyclic amines) is 1. The summed E-state index contributed by atoms with van der Waals surface area (Å²) in [7, 11) is 0. The van der Waals surface area contributed by atoms with Crippen LogP contribution in [0.5, 0.6) is 0 Å². The van der Waals surface area contributed by atoms with Crippen molar-refractivity contribution in [2.75, 3.05) is 19.6 Å². The second-order valence-electron chi connectivity index (χ2n) is 6.92. The van der Waals surface area contributed by atoms with Crippen molar-refractivity contribution < 1.29 is 9.53 Å². The van der Waals surface area contributed by atoms with Crippen molar-refractivity contribution in [1.29, 1.82) is 0 Å². The highest BCUT2D eigenvalue weighted by atomic mass is 16.6. The molecule has 2 atom stereocenters. The summed E-state index contributed by atoms with van der Waals surface area (Å²) >= 11 is 0. The maximum atomic E-state index is 12.3. The van der Waals surface area contributed by atoms with Crippen LogP contribution < -0.4 is 5.32 Å². The Kier molecular flexibility index (Phi) is 4.71. The van der Waals surface area contributed by atoms with Crippen molar-refractivity contribution in [1.82, 2.24) is 10.2 Å². The van der Waals surface area contributed by atoms with E-state index in [0.29, 0.717) is 6.04 Å². The fourth-order valence-corrected chi connectivity index (χ4v) is 3.11. The Hall–Kier alpha value is -0.770. The summed E-state index contributed by atoms with van der Waals surface area (Å²) < 4.78 is 5.54. The molecule has 0 spiro atoms. The molecule has 2 rings (SSSR count). The molecule has 4 heteroatoms. The zero-order valence-corrected chi connectivity index (χ0v) is 12.6. The van der Waals surface area contributed by atoms with Gasteiger partial charge in [0.05, 0.1) is 0 Å². The van der Waals surface area contributed by atoms with Gasteiger partial charge in [-0.1, -0.05) is 0 Å². The van der Waals surface area contributed by atoms with Crippen LogP contribution in [0.4, 0.5) is 4.79 Å². The minimum absolute atomic E-state index is 0.122. The lowest BCUT2D eigenvalue weighted by molar-refractivity contribution is 0.00718. The van der Waals surface area contributed by atoms with Gasteiger partial charge in [-0.15, -0.1) is 0 Å². The van der Waals surface area contributed by atoms with Gasteiger partial charge in [0.15, 0.2) is 0 Å². The average Bonchev–Trinajstić information content (AvgIpc) is 2.80. The first-order valence-electron chi connectivity index (χ1n) is 7.66. The van der Waals surface area contributed by atoms with Crippen LogP contribution in [0.2, 0.25) is 0 Å². The third-order valence-electron chi connectivity index (χ3n) is 4.02. The standard InChI is InChI=1S/C15H28N2O2/c1-15(2,3)19-14(18)17-9-5-4-6-13(17)10-12-7-8-16-11-12/h12-13,16H,4-11H2,1-3H3. The second kappa shape index (κ2) is 6.12. The minimum Gasteiger partial charge on any atom is -0.444 e. The molecule has 2 saturated heterocycles. The minimum atomic E-state index is -0.395. The molecule has 0 radical (unpaired) electrons. The van der Waals surface area contributed by atoms with E-state index < -0.39 is 5.60 Å². The van der Waals surface area contributed by atoms with E-state index in [1.54, 1.807) is 0 Å². The van der Waals surface area contributed by atoms with Gasteiger partial charge in [0.2, 0.25) is 0 Å². The molecule has 2 aliphatic heterocycles. The third kappa shape index (κ3) is 4.37. The predicted molar refractivity (Wildman–Crippen MR) is 76.2 cm³/mol. The van der Waals surface area contributed by atoms with Crippen molar-refractivity contribution >= 4 is 6.09 Å². The lowest BCUT2D eigenvalue weighted by atomic mass is 9.92. The Morgan fingerprint density at radius 1 is 1.32 bits per heavy atom. The average molecular weight is 268 g/mol. The molecule has 2 unspecified atom stereocenters. The first-order chi connectivity index (χ1) is 8.96. The summed E-state index contributed by atoms with van der Waals surface area (Å²) in [4.78, 5) is 14.3. The summed E-state index contributed by atoms with van der Waals surface area (Å²) in [6, 6.07) is 0.383. The molecule has 2 heterocycles. The fourth-order valence-electron chi connectivity index (χ4n) is 3.11.